The molecule has 0 spiro atoms. The maximum atomic E-state index is 12.3. The molecule has 1 aromatic heterocycles. The van der Waals surface area contributed by atoms with Crippen molar-refractivity contribution < 1.29 is 14.1 Å². The Bertz CT molecular complexity index is 730. The monoisotopic (exact) mass is 383 g/mol. The van der Waals surface area contributed by atoms with Crippen molar-refractivity contribution in [3.63, 3.8) is 0 Å². The molecular formula is C17H19Cl2N3O3. The Morgan fingerprint density at radius 1 is 1.36 bits per heavy atom. The van der Waals surface area contributed by atoms with E-state index in [1.807, 2.05) is 0 Å². The van der Waals surface area contributed by atoms with Gasteiger partial charge < -0.3 is 20.3 Å². The van der Waals surface area contributed by atoms with E-state index in [-0.39, 0.29) is 24.2 Å². The molecule has 3 N–H and O–H groups in total. The first-order valence-electron chi connectivity index (χ1n) is 8.12. The Morgan fingerprint density at radius 3 is 2.84 bits per heavy atom. The lowest BCUT2D eigenvalue weighted by Crippen LogP contribution is -2.39. The van der Waals surface area contributed by atoms with Crippen LogP contribution in [0.4, 0.5) is 0 Å². The van der Waals surface area contributed by atoms with E-state index in [1.165, 1.54) is 0 Å². The Morgan fingerprint density at radius 2 is 2.12 bits per heavy atom. The summed E-state index contributed by atoms with van der Waals surface area (Å²) in [5, 5.41) is 7.58. The van der Waals surface area contributed by atoms with E-state index in [0.29, 0.717) is 34.0 Å². The van der Waals surface area contributed by atoms with Gasteiger partial charge in [-0.25, -0.2) is 0 Å². The van der Waals surface area contributed by atoms with Crippen LogP contribution in [0.1, 0.15) is 35.5 Å². The second kappa shape index (κ2) is 8.08. The van der Waals surface area contributed by atoms with E-state index < -0.39 is 0 Å². The fraction of sp³-hybridized carbons (Fsp3) is 0.412. The van der Waals surface area contributed by atoms with E-state index in [4.69, 9.17) is 38.2 Å². The zero-order valence-corrected chi connectivity index (χ0v) is 15.0. The van der Waals surface area contributed by atoms with Crippen LogP contribution in [0.25, 0.3) is 0 Å². The Kier molecular flexibility index (Phi) is 5.83. The van der Waals surface area contributed by atoms with Gasteiger partial charge in [0, 0.05) is 12.1 Å². The molecule has 1 aromatic carbocycles. The van der Waals surface area contributed by atoms with Crippen LogP contribution in [0, 0.1) is 5.92 Å². The van der Waals surface area contributed by atoms with Gasteiger partial charge in [-0.05, 0) is 37.4 Å². The number of hydrogen-bond donors (Lipinski definition) is 2. The SMILES string of the molecule is NCC1CCCC1NC(=O)c1cc(COc2c(Cl)cccc2Cl)on1. The number of para-hydroxylation sites is 1. The van der Waals surface area contributed by atoms with E-state index in [0.717, 1.165) is 19.3 Å². The highest BCUT2D eigenvalue weighted by atomic mass is 35.5. The molecule has 3 rings (SSSR count). The fourth-order valence-corrected chi connectivity index (χ4v) is 3.51. The third kappa shape index (κ3) is 4.26. The highest BCUT2D eigenvalue weighted by Crippen LogP contribution is 2.33. The minimum absolute atomic E-state index is 0.0680. The molecule has 1 heterocycles. The van der Waals surface area contributed by atoms with Crippen molar-refractivity contribution in [2.24, 2.45) is 11.7 Å². The quantitative estimate of drug-likeness (QED) is 0.797. The lowest BCUT2D eigenvalue weighted by Gasteiger charge is -2.18. The van der Waals surface area contributed by atoms with Gasteiger partial charge in [-0.1, -0.05) is 40.8 Å². The predicted octanol–water partition coefficient (Wildman–Crippen LogP) is 3.42. The van der Waals surface area contributed by atoms with Crippen molar-refractivity contribution in [1.29, 1.82) is 0 Å². The van der Waals surface area contributed by atoms with Crippen LogP contribution in [0.15, 0.2) is 28.8 Å². The lowest BCUT2D eigenvalue weighted by atomic mass is 10.0. The Balaban J connectivity index is 1.59. The van der Waals surface area contributed by atoms with Gasteiger partial charge in [-0.2, -0.15) is 0 Å². The summed E-state index contributed by atoms with van der Waals surface area (Å²) in [6.07, 6.45) is 3.05. The number of halogens is 2. The van der Waals surface area contributed by atoms with Crippen molar-refractivity contribution in [3.05, 3.63) is 45.8 Å². The Hall–Kier alpha value is -1.76. The molecule has 0 bridgehead atoms. The number of amides is 1. The number of carbonyl (C=O) groups excluding carboxylic acids is 1. The van der Waals surface area contributed by atoms with Gasteiger partial charge in [-0.15, -0.1) is 0 Å². The number of benzene rings is 1. The molecule has 1 amide bonds. The number of ether oxygens (including phenoxy) is 1. The van der Waals surface area contributed by atoms with E-state index in [2.05, 4.69) is 10.5 Å². The van der Waals surface area contributed by atoms with E-state index >= 15 is 0 Å². The molecule has 1 aliphatic carbocycles. The van der Waals surface area contributed by atoms with Crippen molar-refractivity contribution in [3.8, 4) is 5.75 Å². The maximum Gasteiger partial charge on any atom is 0.273 e. The summed E-state index contributed by atoms with van der Waals surface area (Å²) in [5.41, 5.74) is 5.95. The molecule has 6 nitrogen and oxygen atoms in total. The molecule has 1 aliphatic rings. The van der Waals surface area contributed by atoms with Crippen molar-refractivity contribution >= 4 is 29.1 Å². The van der Waals surface area contributed by atoms with Crippen molar-refractivity contribution in [2.75, 3.05) is 6.54 Å². The largest absolute Gasteiger partial charge is 0.482 e. The summed E-state index contributed by atoms with van der Waals surface area (Å²) in [7, 11) is 0. The minimum Gasteiger partial charge on any atom is -0.482 e. The lowest BCUT2D eigenvalue weighted by molar-refractivity contribution is 0.0919. The van der Waals surface area contributed by atoms with E-state index in [1.54, 1.807) is 24.3 Å². The number of aromatic nitrogens is 1. The molecule has 2 aromatic rings. The summed E-state index contributed by atoms with van der Waals surface area (Å²) in [6.45, 7) is 0.639. The van der Waals surface area contributed by atoms with Gasteiger partial charge in [0.05, 0.1) is 10.0 Å². The third-order valence-electron chi connectivity index (χ3n) is 4.35. The maximum absolute atomic E-state index is 12.3. The normalized spacial score (nSPS) is 19.8. The smallest absolute Gasteiger partial charge is 0.273 e. The highest BCUT2D eigenvalue weighted by molar-refractivity contribution is 6.37. The molecule has 0 saturated heterocycles. The van der Waals surface area contributed by atoms with Crippen LogP contribution in [0.5, 0.6) is 5.75 Å². The fourth-order valence-electron chi connectivity index (χ4n) is 3.00. The average molecular weight is 384 g/mol. The zero-order valence-electron chi connectivity index (χ0n) is 13.5. The number of carbonyl (C=O) groups is 1. The van der Waals surface area contributed by atoms with Crippen LogP contribution in [0.2, 0.25) is 10.0 Å². The molecule has 8 heteroatoms. The first-order valence-corrected chi connectivity index (χ1v) is 8.87. The standard InChI is InChI=1S/C17H19Cl2N3O3/c18-12-4-2-5-13(19)16(12)24-9-11-7-15(22-25-11)17(23)21-14-6-1-3-10(14)8-20/h2,4-5,7,10,14H,1,3,6,8-9,20H2,(H,21,23). The molecule has 2 atom stereocenters. The van der Waals surface area contributed by atoms with E-state index in [9.17, 15) is 4.79 Å². The molecule has 134 valence electrons. The van der Waals surface area contributed by atoms with Crippen LogP contribution < -0.4 is 15.8 Å². The summed E-state index contributed by atoms with van der Waals surface area (Å²) in [6, 6.07) is 6.73. The van der Waals surface area contributed by atoms with Crippen molar-refractivity contribution in [1.82, 2.24) is 10.5 Å². The Labute approximate surface area is 155 Å². The molecule has 25 heavy (non-hydrogen) atoms. The van der Waals surface area contributed by atoms with Crippen LogP contribution in [-0.2, 0) is 6.61 Å². The highest BCUT2D eigenvalue weighted by Gasteiger charge is 2.28. The first-order chi connectivity index (χ1) is 12.1. The predicted molar refractivity (Wildman–Crippen MR) is 94.9 cm³/mol. The van der Waals surface area contributed by atoms with Crippen LogP contribution >= 0.6 is 23.2 Å². The second-order valence-corrected chi connectivity index (χ2v) is 6.84. The van der Waals surface area contributed by atoms with Crippen LogP contribution in [0.3, 0.4) is 0 Å². The molecule has 0 aliphatic heterocycles. The van der Waals surface area contributed by atoms with Crippen molar-refractivity contribution in [2.45, 2.75) is 31.9 Å². The summed E-state index contributed by atoms with van der Waals surface area (Å²) in [4.78, 5) is 12.3. The minimum atomic E-state index is -0.267. The topological polar surface area (TPSA) is 90.4 Å². The van der Waals surface area contributed by atoms with Gasteiger partial charge in [0.25, 0.3) is 5.91 Å². The first kappa shape index (κ1) is 18.0. The number of nitrogens with two attached hydrogens (primary N) is 1. The number of nitrogens with zero attached hydrogens (tertiary/aromatic N) is 1. The summed E-state index contributed by atoms with van der Waals surface area (Å²) < 4.78 is 10.7. The summed E-state index contributed by atoms with van der Waals surface area (Å²) in [5.74, 6) is 0.824. The number of hydrogen-bond acceptors (Lipinski definition) is 5. The number of nitrogens with one attached hydrogen (secondary N) is 1. The zero-order chi connectivity index (χ0) is 17.8. The third-order valence-corrected chi connectivity index (χ3v) is 4.94. The molecule has 1 fully saturated rings. The number of rotatable bonds is 6. The van der Waals surface area contributed by atoms with Crippen LogP contribution in [-0.4, -0.2) is 23.7 Å². The molecule has 0 radical (unpaired) electrons. The summed E-state index contributed by atoms with van der Waals surface area (Å²) >= 11 is 12.1. The molecular weight excluding hydrogens is 365 g/mol. The second-order valence-electron chi connectivity index (χ2n) is 6.02. The van der Waals surface area contributed by atoms with Gasteiger partial charge in [0.15, 0.2) is 17.2 Å². The molecule has 2 unspecified atom stereocenters. The molecule has 1 saturated carbocycles. The average Bonchev–Trinajstić information content (AvgIpc) is 3.23. The van der Waals surface area contributed by atoms with Gasteiger partial charge >= 0.3 is 0 Å². The van der Waals surface area contributed by atoms with Gasteiger partial charge in [0.2, 0.25) is 0 Å². The van der Waals surface area contributed by atoms with Gasteiger partial charge in [0.1, 0.15) is 6.61 Å². The van der Waals surface area contributed by atoms with Gasteiger partial charge in [-0.3, -0.25) is 4.79 Å².